The zero-order chi connectivity index (χ0) is 16.3. The van der Waals surface area contributed by atoms with Gasteiger partial charge in [-0.05, 0) is 25.7 Å². The fourth-order valence-corrected chi connectivity index (χ4v) is 3.34. The minimum absolute atomic E-state index is 0. The van der Waals surface area contributed by atoms with Gasteiger partial charge in [0.25, 0.3) is 0 Å². The molecule has 1 unspecified atom stereocenters. The molecular weight excluding hydrogens is 419 g/mol. The second-order valence-electron chi connectivity index (χ2n) is 7.02. The highest BCUT2D eigenvalue weighted by Gasteiger charge is 2.42. The van der Waals surface area contributed by atoms with Gasteiger partial charge in [-0.15, -0.1) is 24.0 Å². The van der Waals surface area contributed by atoms with Crippen LogP contribution >= 0.6 is 24.0 Å². The summed E-state index contributed by atoms with van der Waals surface area (Å²) in [6.07, 6.45) is 2.36. The molecular formula is C17H29IN4O2. The van der Waals surface area contributed by atoms with E-state index in [0.717, 1.165) is 50.3 Å². The van der Waals surface area contributed by atoms with Gasteiger partial charge in [0.15, 0.2) is 11.7 Å². The van der Waals surface area contributed by atoms with Crippen LogP contribution in [0.3, 0.4) is 0 Å². The van der Waals surface area contributed by atoms with Gasteiger partial charge in [-0.25, -0.2) is 4.99 Å². The molecule has 136 valence electrons. The minimum atomic E-state index is 0. The molecule has 0 bridgehead atoms. The molecule has 24 heavy (non-hydrogen) atoms. The SMILES string of the molecule is CCNC(=NCc1cc(C(C)C)no1)N1CCC2(CCOC2)C1.I. The summed E-state index contributed by atoms with van der Waals surface area (Å²) in [4.78, 5) is 7.11. The lowest BCUT2D eigenvalue weighted by atomic mass is 9.87. The molecule has 1 aromatic rings. The van der Waals surface area contributed by atoms with Crippen molar-refractivity contribution in [2.45, 2.75) is 46.1 Å². The lowest BCUT2D eigenvalue weighted by molar-refractivity contribution is 0.156. The highest BCUT2D eigenvalue weighted by molar-refractivity contribution is 14.0. The molecule has 6 nitrogen and oxygen atoms in total. The second-order valence-corrected chi connectivity index (χ2v) is 7.02. The van der Waals surface area contributed by atoms with Gasteiger partial charge in [-0.2, -0.15) is 0 Å². The summed E-state index contributed by atoms with van der Waals surface area (Å²) in [6, 6.07) is 2.01. The van der Waals surface area contributed by atoms with Crippen molar-refractivity contribution in [1.29, 1.82) is 0 Å². The van der Waals surface area contributed by atoms with Crippen LogP contribution in [0.1, 0.15) is 51.0 Å². The van der Waals surface area contributed by atoms with E-state index in [1.165, 1.54) is 12.8 Å². The molecule has 2 saturated heterocycles. The Morgan fingerprint density at radius 2 is 2.29 bits per heavy atom. The molecule has 3 rings (SSSR count). The van der Waals surface area contributed by atoms with E-state index < -0.39 is 0 Å². The summed E-state index contributed by atoms with van der Waals surface area (Å²) in [5, 5.41) is 7.50. The summed E-state index contributed by atoms with van der Waals surface area (Å²) in [5.41, 5.74) is 1.33. The van der Waals surface area contributed by atoms with Gasteiger partial charge in [0.2, 0.25) is 0 Å². The van der Waals surface area contributed by atoms with Crippen LogP contribution in [-0.4, -0.2) is 48.9 Å². The van der Waals surface area contributed by atoms with Crippen LogP contribution in [0.15, 0.2) is 15.6 Å². The number of ether oxygens (including phenoxy) is 1. The van der Waals surface area contributed by atoms with Gasteiger partial charge < -0.3 is 19.5 Å². The smallest absolute Gasteiger partial charge is 0.194 e. The number of aromatic nitrogens is 1. The van der Waals surface area contributed by atoms with E-state index in [1.807, 2.05) is 6.07 Å². The maximum atomic E-state index is 5.61. The van der Waals surface area contributed by atoms with Gasteiger partial charge in [0.05, 0.1) is 12.3 Å². The Morgan fingerprint density at radius 3 is 2.92 bits per heavy atom. The topological polar surface area (TPSA) is 62.9 Å². The van der Waals surface area contributed by atoms with Gasteiger partial charge in [-0.3, -0.25) is 0 Å². The van der Waals surface area contributed by atoms with Crippen molar-refractivity contribution in [2.24, 2.45) is 10.4 Å². The highest BCUT2D eigenvalue weighted by atomic mass is 127. The van der Waals surface area contributed by atoms with E-state index in [4.69, 9.17) is 14.3 Å². The van der Waals surface area contributed by atoms with E-state index >= 15 is 0 Å². The molecule has 2 aliphatic heterocycles. The Morgan fingerprint density at radius 1 is 1.46 bits per heavy atom. The predicted octanol–water partition coefficient (Wildman–Crippen LogP) is 2.99. The van der Waals surface area contributed by atoms with Crippen molar-refractivity contribution in [1.82, 2.24) is 15.4 Å². The number of hydrogen-bond donors (Lipinski definition) is 1. The van der Waals surface area contributed by atoms with Gasteiger partial charge in [0.1, 0.15) is 6.54 Å². The molecule has 1 atom stereocenters. The number of halogens is 1. The van der Waals surface area contributed by atoms with Crippen molar-refractivity contribution in [3.05, 3.63) is 17.5 Å². The van der Waals surface area contributed by atoms with Crippen molar-refractivity contribution in [3.8, 4) is 0 Å². The van der Waals surface area contributed by atoms with Crippen LogP contribution in [0.2, 0.25) is 0 Å². The molecule has 7 heteroatoms. The number of aliphatic imine (C=N–C) groups is 1. The Labute approximate surface area is 161 Å². The lowest BCUT2D eigenvalue weighted by Crippen LogP contribution is -2.41. The molecule has 0 amide bonds. The van der Waals surface area contributed by atoms with E-state index in [1.54, 1.807) is 0 Å². The zero-order valence-corrected chi connectivity index (χ0v) is 17.2. The molecule has 0 saturated carbocycles. The van der Waals surface area contributed by atoms with Crippen LogP contribution in [0.25, 0.3) is 0 Å². The second kappa shape index (κ2) is 8.51. The number of nitrogens with one attached hydrogen (secondary N) is 1. The Kier molecular flexibility index (Phi) is 6.91. The van der Waals surface area contributed by atoms with Crippen LogP contribution in [-0.2, 0) is 11.3 Å². The van der Waals surface area contributed by atoms with Crippen LogP contribution in [0.4, 0.5) is 0 Å². The monoisotopic (exact) mass is 448 g/mol. The number of nitrogens with zero attached hydrogens (tertiary/aromatic N) is 3. The first-order chi connectivity index (χ1) is 11.1. The predicted molar refractivity (Wildman–Crippen MR) is 105 cm³/mol. The zero-order valence-electron chi connectivity index (χ0n) is 14.9. The fourth-order valence-electron chi connectivity index (χ4n) is 3.34. The summed E-state index contributed by atoms with van der Waals surface area (Å²) in [5.74, 6) is 2.17. The Hall–Kier alpha value is -0.830. The normalized spacial score (nSPS) is 24.0. The van der Waals surface area contributed by atoms with Crippen LogP contribution < -0.4 is 5.32 Å². The lowest BCUT2D eigenvalue weighted by Gasteiger charge is -2.24. The van der Waals surface area contributed by atoms with Gasteiger partial charge >= 0.3 is 0 Å². The summed E-state index contributed by atoms with van der Waals surface area (Å²) in [7, 11) is 0. The molecule has 1 spiro atoms. The van der Waals surface area contributed by atoms with E-state index in [2.05, 4.69) is 36.1 Å². The molecule has 0 radical (unpaired) electrons. The standard InChI is InChI=1S/C17H28N4O2.HI/c1-4-18-16(19-10-14-9-15(13(2)3)20-23-14)21-7-5-17(11-21)6-8-22-12-17;/h9,13H,4-8,10-12H2,1-3H3,(H,18,19);1H. The first-order valence-electron chi connectivity index (χ1n) is 8.68. The summed E-state index contributed by atoms with van der Waals surface area (Å²) >= 11 is 0. The average molecular weight is 448 g/mol. The molecule has 2 fully saturated rings. The maximum Gasteiger partial charge on any atom is 0.194 e. The summed E-state index contributed by atoms with van der Waals surface area (Å²) < 4.78 is 11.0. The number of hydrogen-bond acceptors (Lipinski definition) is 4. The van der Waals surface area contributed by atoms with E-state index in [-0.39, 0.29) is 24.0 Å². The fraction of sp³-hybridized carbons (Fsp3) is 0.765. The largest absolute Gasteiger partial charge is 0.381 e. The third kappa shape index (κ3) is 4.41. The van der Waals surface area contributed by atoms with Crippen LogP contribution in [0, 0.1) is 5.41 Å². The van der Waals surface area contributed by atoms with Crippen LogP contribution in [0.5, 0.6) is 0 Å². The molecule has 1 aromatic heterocycles. The molecule has 3 heterocycles. The van der Waals surface area contributed by atoms with E-state index in [9.17, 15) is 0 Å². The van der Waals surface area contributed by atoms with E-state index in [0.29, 0.717) is 17.9 Å². The van der Waals surface area contributed by atoms with Crippen molar-refractivity contribution in [3.63, 3.8) is 0 Å². The third-order valence-electron chi connectivity index (χ3n) is 4.81. The Balaban J connectivity index is 0.00000208. The molecule has 0 aliphatic carbocycles. The van der Waals surface area contributed by atoms with Crippen molar-refractivity contribution >= 4 is 29.9 Å². The molecule has 0 aromatic carbocycles. The summed E-state index contributed by atoms with van der Waals surface area (Å²) in [6.45, 7) is 11.6. The van der Waals surface area contributed by atoms with Crippen molar-refractivity contribution < 1.29 is 9.26 Å². The van der Waals surface area contributed by atoms with Crippen molar-refractivity contribution in [2.75, 3.05) is 32.8 Å². The number of guanidine groups is 1. The number of rotatable bonds is 4. The van der Waals surface area contributed by atoms with Gasteiger partial charge in [0, 0.05) is 37.7 Å². The minimum Gasteiger partial charge on any atom is -0.381 e. The highest BCUT2D eigenvalue weighted by Crippen LogP contribution is 2.38. The molecule has 2 aliphatic rings. The maximum absolute atomic E-state index is 5.61. The third-order valence-corrected chi connectivity index (χ3v) is 4.81. The number of likely N-dealkylation sites (tertiary alicyclic amines) is 1. The first kappa shape index (κ1) is 19.5. The Bertz CT molecular complexity index is 553. The average Bonchev–Trinajstić information content (AvgIpc) is 3.26. The quantitative estimate of drug-likeness (QED) is 0.436. The first-order valence-corrected chi connectivity index (χ1v) is 8.68. The van der Waals surface area contributed by atoms with Gasteiger partial charge in [-0.1, -0.05) is 19.0 Å². The molecule has 1 N–H and O–H groups in total.